The van der Waals surface area contributed by atoms with Crippen LogP contribution in [0.4, 0.5) is 0 Å². The summed E-state index contributed by atoms with van der Waals surface area (Å²) < 4.78 is 0. The predicted octanol–water partition coefficient (Wildman–Crippen LogP) is 2.29. The minimum Gasteiger partial charge on any atom is -0.502 e. The molecule has 0 bridgehead atoms. The Balaban J connectivity index is 3.08. The van der Waals surface area contributed by atoms with Crippen molar-refractivity contribution >= 4 is 12.0 Å². The monoisotopic (exact) mass is 192 g/mol. The molecule has 0 spiro atoms. The topological polar surface area (TPSA) is 57.5 Å². The zero-order valence-electron chi connectivity index (χ0n) is 8.11. The van der Waals surface area contributed by atoms with E-state index in [9.17, 15) is 4.79 Å². The summed E-state index contributed by atoms with van der Waals surface area (Å²) in [4.78, 5) is 10.4. The maximum absolute atomic E-state index is 10.4. The average Bonchev–Trinajstić information content (AvgIpc) is 2.01. The third kappa shape index (κ3) is 2.62. The van der Waals surface area contributed by atoms with Crippen molar-refractivity contribution in [1.29, 1.82) is 0 Å². The molecule has 0 unspecified atom stereocenters. The largest absolute Gasteiger partial charge is 0.502 e. The van der Waals surface area contributed by atoms with Crippen molar-refractivity contribution in [3.63, 3.8) is 0 Å². The van der Waals surface area contributed by atoms with Crippen LogP contribution in [0.1, 0.15) is 16.7 Å². The van der Waals surface area contributed by atoms with Gasteiger partial charge in [0.15, 0.2) is 0 Å². The second-order valence-electron chi connectivity index (χ2n) is 3.26. The molecule has 0 radical (unpaired) electrons. The number of hydrogen-bond donors (Lipinski definition) is 2. The highest BCUT2D eigenvalue weighted by Crippen LogP contribution is 2.11. The number of aliphatic hydroxyl groups is 1. The minimum atomic E-state index is -1.32. The fraction of sp³-hybridized carbons (Fsp3) is 0.182. The van der Waals surface area contributed by atoms with Crippen LogP contribution >= 0.6 is 0 Å². The second kappa shape index (κ2) is 3.96. The molecular formula is C11H12O3. The van der Waals surface area contributed by atoms with Gasteiger partial charge in [0.05, 0.1) is 0 Å². The van der Waals surface area contributed by atoms with E-state index in [2.05, 4.69) is 0 Å². The molecule has 0 amide bonds. The summed E-state index contributed by atoms with van der Waals surface area (Å²) in [5.41, 5.74) is 2.77. The van der Waals surface area contributed by atoms with Crippen LogP contribution in [0.5, 0.6) is 0 Å². The highest BCUT2D eigenvalue weighted by atomic mass is 16.4. The third-order valence-corrected chi connectivity index (χ3v) is 1.77. The average molecular weight is 192 g/mol. The van der Waals surface area contributed by atoms with Crippen molar-refractivity contribution in [3.8, 4) is 0 Å². The predicted molar refractivity (Wildman–Crippen MR) is 54.2 cm³/mol. The van der Waals surface area contributed by atoms with E-state index in [0.717, 1.165) is 11.1 Å². The van der Waals surface area contributed by atoms with Crippen LogP contribution in [-0.4, -0.2) is 16.2 Å². The number of carbonyl (C=O) groups is 1. The molecule has 0 fully saturated rings. The molecular weight excluding hydrogens is 180 g/mol. The Morgan fingerprint density at radius 3 is 2.07 bits per heavy atom. The van der Waals surface area contributed by atoms with Gasteiger partial charge in [0.25, 0.3) is 0 Å². The van der Waals surface area contributed by atoms with Gasteiger partial charge < -0.3 is 10.2 Å². The number of rotatable bonds is 2. The molecule has 2 N–H and O–H groups in total. The number of benzene rings is 1. The van der Waals surface area contributed by atoms with Crippen LogP contribution in [0.3, 0.4) is 0 Å². The molecule has 0 aliphatic heterocycles. The van der Waals surface area contributed by atoms with Crippen LogP contribution in [0.2, 0.25) is 0 Å². The van der Waals surface area contributed by atoms with Crippen molar-refractivity contribution in [2.45, 2.75) is 13.8 Å². The normalized spacial score (nSPS) is 11.4. The first kappa shape index (κ1) is 10.3. The number of carboxylic acids is 1. The van der Waals surface area contributed by atoms with Gasteiger partial charge in [-0.2, -0.15) is 0 Å². The number of carboxylic acid groups (broad SMARTS) is 1. The van der Waals surface area contributed by atoms with Gasteiger partial charge in [0.2, 0.25) is 5.76 Å². The van der Waals surface area contributed by atoms with Gasteiger partial charge in [-0.1, -0.05) is 29.3 Å². The van der Waals surface area contributed by atoms with Gasteiger partial charge in [-0.3, -0.25) is 0 Å². The molecule has 0 saturated carbocycles. The first-order valence-corrected chi connectivity index (χ1v) is 4.21. The van der Waals surface area contributed by atoms with Gasteiger partial charge in [0, 0.05) is 0 Å². The highest BCUT2D eigenvalue weighted by molar-refractivity contribution is 5.89. The van der Waals surface area contributed by atoms with Gasteiger partial charge in [-0.05, 0) is 25.5 Å². The number of aliphatic carboxylic acids is 1. The van der Waals surface area contributed by atoms with Crippen LogP contribution < -0.4 is 0 Å². The third-order valence-electron chi connectivity index (χ3n) is 1.77. The van der Waals surface area contributed by atoms with Crippen molar-refractivity contribution in [3.05, 3.63) is 40.6 Å². The minimum absolute atomic E-state index is 0.644. The lowest BCUT2D eigenvalue weighted by Gasteiger charge is -2.00. The fourth-order valence-electron chi connectivity index (χ4n) is 1.31. The number of aryl methyl sites for hydroxylation is 2. The molecule has 0 aliphatic carbocycles. The number of aliphatic hydroxyl groups excluding tert-OH is 1. The van der Waals surface area contributed by atoms with E-state index in [4.69, 9.17) is 10.2 Å². The first-order valence-electron chi connectivity index (χ1n) is 4.21. The van der Waals surface area contributed by atoms with Crippen molar-refractivity contribution in [2.24, 2.45) is 0 Å². The standard InChI is InChI=1S/C11H12O3/c1-7-3-8(2)5-9(4-7)6-10(12)11(13)14/h3-6,12H,1-2H3,(H,13,14). The lowest BCUT2D eigenvalue weighted by atomic mass is 10.1. The van der Waals surface area contributed by atoms with Crippen molar-refractivity contribution < 1.29 is 15.0 Å². The van der Waals surface area contributed by atoms with Crippen molar-refractivity contribution in [1.82, 2.24) is 0 Å². The Kier molecular flexibility index (Phi) is 2.92. The molecule has 1 rings (SSSR count). The molecule has 74 valence electrons. The summed E-state index contributed by atoms with van der Waals surface area (Å²) in [5, 5.41) is 17.5. The molecule has 0 atom stereocenters. The molecule has 0 saturated heterocycles. The Labute approximate surface area is 82.3 Å². The highest BCUT2D eigenvalue weighted by Gasteiger charge is 2.03. The summed E-state index contributed by atoms with van der Waals surface area (Å²) in [6, 6.07) is 5.60. The van der Waals surface area contributed by atoms with Crippen LogP contribution in [0.15, 0.2) is 24.0 Å². The van der Waals surface area contributed by atoms with Gasteiger partial charge in [0.1, 0.15) is 0 Å². The molecule has 0 heterocycles. The van der Waals surface area contributed by atoms with Crippen LogP contribution in [-0.2, 0) is 4.79 Å². The summed E-state index contributed by atoms with van der Waals surface area (Å²) in [7, 11) is 0. The van der Waals surface area contributed by atoms with E-state index < -0.39 is 11.7 Å². The Bertz CT molecular complexity index is 371. The van der Waals surface area contributed by atoms with Crippen LogP contribution in [0.25, 0.3) is 6.08 Å². The quantitative estimate of drug-likeness (QED) is 0.558. The Hall–Kier alpha value is -1.77. The van der Waals surface area contributed by atoms with E-state index in [1.165, 1.54) is 6.08 Å². The molecule has 3 nitrogen and oxygen atoms in total. The zero-order valence-corrected chi connectivity index (χ0v) is 8.11. The second-order valence-corrected chi connectivity index (χ2v) is 3.26. The summed E-state index contributed by atoms with van der Waals surface area (Å²) in [5.74, 6) is -1.96. The molecule has 3 heteroatoms. The summed E-state index contributed by atoms with van der Waals surface area (Å²) in [6.45, 7) is 3.84. The SMILES string of the molecule is Cc1cc(C)cc(C=C(O)C(=O)O)c1. The maximum atomic E-state index is 10.4. The number of hydrogen-bond acceptors (Lipinski definition) is 2. The molecule has 0 aliphatic rings. The molecule has 0 aromatic heterocycles. The zero-order chi connectivity index (χ0) is 10.7. The van der Waals surface area contributed by atoms with E-state index in [0.29, 0.717) is 5.56 Å². The van der Waals surface area contributed by atoms with E-state index in [1.54, 1.807) is 0 Å². The van der Waals surface area contributed by atoms with E-state index in [1.807, 2.05) is 32.0 Å². The van der Waals surface area contributed by atoms with Crippen LogP contribution in [0, 0.1) is 13.8 Å². The van der Waals surface area contributed by atoms with Gasteiger partial charge >= 0.3 is 5.97 Å². The smallest absolute Gasteiger partial charge is 0.370 e. The van der Waals surface area contributed by atoms with Crippen molar-refractivity contribution in [2.75, 3.05) is 0 Å². The molecule has 1 aromatic rings. The van der Waals surface area contributed by atoms with Gasteiger partial charge in [-0.25, -0.2) is 4.79 Å². The summed E-state index contributed by atoms with van der Waals surface area (Å²) >= 11 is 0. The fourth-order valence-corrected chi connectivity index (χ4v) is 1.31. The van der Waals surface area contributed by atoms with Gasteiger partial charge in [-0.15, -0.1) is 0 Å². The first-order chi connectivity index (χ1) is 6.49. The Morgan fingerprint density at radius 2 is 1.64 bits per heavy atom. The summed E-state index contributed by atoms with van der Waals surface area (Å²) in [6.07, 6.45) is 1.24. The van der Waals surface area contributed by atoms with E-state index in [-0.39, 0.29) is 0 Å². The maximum Gasteiger partial charge on any atom is 0.370 e. The lowest BCUT2D eigenvalue weighted by molar-refractivity contribution is -0.135. The molecule has 1 aromatic carbocycles. The lowest BCUT2D eigenvalue weighted by Crippen LogP contribution is -1.98. The van der Waals surface area contributed by atoms with E-state index >= 15 is 0 Å². The molecule has 14 heavy (non-hydrogen) atoms. The Morgan fingerprint density at radius 1 is 1.14 bits per heavy atom.